The third-order valence-corrected chi connectivity index (χ3v) is 2.58. The summed E-state index contributed by atoms with van der Waals surface area (Å²) >= 11 is 0. The third-order valence-electron chi connectivity index (χ3n) is 2.58. The summed E-state index contributed by atoms with van der Waals surface area (Å²) in [5, 5.41) is 14.1. The Bertz CT molecular complexity index is 486. The molecule has 0 radical (unpaired) electrons. The topological polar surface area (TPSA) is 87.7 Å². The molecule has 0 spiro atoms. The van der Waals surface area contributed by atoms with Gasteiger partial charge in [0.2, 0.25) is 0 Å². The maximum Gasteiger partial charge on any atom is 0.335 e. The second-order valence-corrected chi connectivity index (χ2v) is 4.89. The summed E-state index contributed by atoms with van der Waals surface area (Å²) in [6.07, 6.45) is 0. The highest BCUT2D eigenvalue weighted by atomic mass is 16.5. The normalized spacial score (nSPS) is 10.9. The van der Waals surface area contributed by atoms with E-state index in [1.54, 1.807) is 12.1 Å². The Morgan fingerprint density at radius 3 is 2.65 bits per heavy atom. The molecule has 1 aromatic rings. The average Bonchev–Trinajstić information content (AvgIpc) is 2.37. The molecule has 3 N–H and O–H groups in total. The molecule has 0 atom stereocenters. The van der Waals surface area contributed by atoms with Crippen LogP contribution in [-0.4, -0.2) is 35.9 Å². The zero-order valence-corrected chi connectivity index (χ0v) is 11.9. The van der Waals surface area contributed by atoms with E-state index in [4.69, 9.17) is 9.84 Å². The van der Waals surface area contributed by atoms with Crippen molar-refractivity contribution >= 4 is 17.7 Å². The van der Waals surface area contributed by atoms with Crippen molar-refractivity contribution in [1.29, 1.82) is 0 Å². The Balaban J connectivity index is 2.54. The number of amides is 2. The predicted molar refractivity (Wildman–Crippen MR) is 76.1 cm³/mol. The van der Waals surface area contributed by atoms with E-state index in [9.17, 15) is 9.59 Å². The highest BCUT2D eigenvalue weighted by Gasteiger charge is 2.18. The number of carbonyl (C=O) groups is 2. The van der Waals surface area contributed by atoms with Crippen molar-refractivity contribution in [3.8, 4) is 0 Å². The third kappa shape index (κ3) is 5.27. The SMILES string of the molecule is CCOC(C)(C)CNC(=O)Nc1cccc(C(=O)O)c1. The van der Waals surface area contributed by atoms with Crippen LogP contribution in [0.1, 0.15) is 31.1 Å². The van der Waals surface area contributed by atoms with E-state index in [2.05, 4.69) is 10.6 Å². The van der Waals surface area contributed by atoms with Gasteiger partial charge in [0, 0.05) is 18.8 Å². The molecular weight excluding hydrogens is 260 g/mol. The first-order valence-electron chi connectivity index (χ1n) is 6.36. The van der Waals surface area contributed by atoms with Gasteiger partial charge < -0.3 is 20.5 Å². The van der Waals surface area contributed by atoms with Crippen molar-refractivity contribution in [2.24, 2.45) is 0 Å². The molecule has 0 aliphatic heterocycles. The first kappa shape index (κ1) is 16.0. The lowest BCUT2D eigenvalue weighted by molar-refractivity contribution is -0.00663. The van der Waals surface area contributed by atoms with Crippen molar-refractivity contribution in [1.82, 2.24) is 5.32 Å². The van der Waals surface area contributed by atoms with Gasteiger partial charge in [-0.3, -0.25) is 0 Å². The van der Waals surface area contributed by atoms with Gasteiger partial charge in [-0.1, -0.05) is 6.07 Å². The number of ether oxygens (including phenoxy) is 1. The van der Waals surface area contributed by atoms with Gasteiger partial charge in [0.1, 0.15) is 0 Å². The summed E-state index contributed by atoms with van der Waals surface area (Å²) in [5.74, 6) is -1.04. The Labute approximate surface area is 118 Å². The van der Waals surface area contributed by atoms with Crippen LogP contribution in [0.5, 0.6) is 0 Å². The van der Waals surface area contributed by atoms with E-state index in [1.807, 2.05) is 20.8 Å². The summed E-state index contributed by atoms with van der Waals surface area (Å²) in [5.41, 5.74) is 0.101. The van der Waals surface area contributed by atoms with E-state index in [0.717, 1.165) is 0 Å². The summed E-state index contributed by atoms with van der Waals surface area (Å²) in [7, 11) is 0. The maximum atomic E-state index is 11.7. The highest BCUT2D eigenvalue weighted by Crippen LogP contribution is 2.11. The Morgan fingerprint density at radius 1 is 1.35 bits per heavy atom. The van der Waals surface area contributed by atoms with Crippen LogP contribution in [0.25, 0.3) is 0 Å². The molecule has 0 aromatic heterocycles. The Hall–Kier alpha value is -2.08. The van der Waals surface area contributed by atoms with Gasteiger partial charge in [-0.15, -0.1) is 0 Å². The number of benzene rings is 1. The van der Waals surface area contributed by atoms with Gasteiger partial charge in [-0.2, -0.15) is 0 Å². The molecule has 1 rings (SSSR count). The smallest absolute Gasteiger partial charge is 0.335 e. The zero-order chi connectivity index (χ0) is 15.2. The molecular formula is C14H20N2O4. The summed E-state index contributed by atoms with van der Waals surface area (Å²) in [6.45, 7) is 6.56. The molecule has 1 aromatic carbocycles. The van der Waals surface area contributed by atoms with Crippen LogP contribution in [0.4, 0.5) is 10.5 Å². The van der Waals surface area contributed by atoms with Crippen molar-refractivity contribution in [3.05, 3.63) is 29.8 Å². The van der Waals surface area contributed by atoms with Crippen LogP contribution >= 0.6 is 0 Å². The van der Waals surface area contributed by atoms with E-state index in [-0.39, 0.29) is 5.56 Å². The number of hydrogen-bond acceptors (Lipinski definition) is 3. The minimum Gasteiger partial charge on any atom is -0.478 e. The molecule has 2 amide bonds. The summed E-state index contributed by atoms with van der Waals surface area (Å²) < 4.78 is 5.46. The molecule has 0 saturated heterocycles. The van der Waals surface area contributed by atoms with Crippen LogP contribution in [0.2, 0.25) is 0 Å². The second-order valence-electron chi connectivity index (χ2n) is 4.89. The fourth-order valence-electron chi connectivity index (χ4n) is 1.64. The van der Waals surface area contributed by atoms with E-state index < -0.39 is 17.6 Å². The van der Waals surface area contributed by atoms with Crippen molar-refractivity contribution < 1.29 is 19.4 Å². The molecule has 0 bridgehead atoms. The lowest BCUT2D eigenvalue weighted by atomic mass is 10.1. The largest absolute Gasteiger partial charge is 0.478 e. The molecule has 110 valence electrons. The zero-order valence-electron chi connectivity index (χ0n) is 11.9. The minimum absolute atomic E-state index is 0.123. The van der Waals surface area contributed by atoms with Gasteiger partial charge in [0.15, 0.2) is 0 Å². The first-order chi connectivity index (χ1) is 9.34. The van der Waals surface area contributed by atoms with Crippen LogP contribution < -0.4 is 10.6 Å². The van der Waals surface area contributed by atoms with Gasteiger partial charge >= 0.3 is 12.0 Å². The van der Waals surface area contributed by atoms with Crippen LogP contribution in [0.15, 0.2) is 24.3 Å². The number of carbonyl (C=O) groups excluding carboxylic acids is 1. The standard InChI is InChI=1S/C14H20N2O4/c1-4-20-14(2,3)9-15-13(19)16-11-7-5-6-10(8-11)12(17)18/h5-8H,4,9H2,1-3H3,(H,17,18)(H2,15,16,19). The van der Waals surface area contributed by atoms with Crippen molar-refractivity contribution in [2.75, 3.05) is 18.5 Å². The van der Waals surface area contributed by atoms with Crippen molar-refractivity contribution in [3.63, 3.8) is 0 Å². The number of anilines is 1. The monoisotopic (exact) mass is 280 g/mol. The summed E-state index contributed by atoms with van der Waals surface area (Å²) in [6, 6.07) is 5.66. The summed E-state index contributed by atoms with van der Waals surface area (Å²) in [4.78, 5) is 22.5. The molecule has 0 unspecified atom stereocenters. The second kappa shape index (κ2) is 6.91. The molecule has 0 fully saturated rings. The van der Waals surface area contributed by atoms with E-state index in [0.29, 0.717) is 18.8 Å². The quantitative estimate of drug-likeness (QED) is 0.746. The fraction of sp³-hybridized carbons (Fsp3) is 0.429. The van der Waals surface area contributed by atoms with Crippen LogP contribution in [0.3, 0.4) is 0 Å². The number of carboxylic acids is 1. The number of carboxylic acid groups (broad SMARTS) is 1. The first-order valence-corrected chi connectivity index (χ1v) is 6.36. The van der Waals surface area contributed by atoms with Gasteiger partial charge in [0.05, 0.1) is 11.2 Å². The van der Waals surface area contributed by atoms with Gasteiger partial charge in [-0.05, 0) is 39.0 Å². The van der Waals surface area contributed by atoms with Gasteiger partial charge in [0.25, 0.3) is 0 Å². The number of nitrogens with one attached hydrogen (secondary N) is 2. The predicted octanol–water partition coefficient (Wildman–Crippen LogP) is 2.32. The number of rotatable bonds is 6. The minimum atomic E-state index is -1.04. The Kier molecular flexibility index (Phi) is 5.52. The molecule has 20 heavy (non-hydrogen) atoms. The van der Waals surface area contributed by atoms with Crippen LogP contribution in [0, 0.1) is 0 Å². The van der Waals surface area contributed by atoms with Gasteiger partial charge in [-0.25, -0.2) is 9.59 Å². The average molecular weight is 280 g/mol. The lowest BCUT2D eigenvalue weighted by Gasteiger charge is -2.24. The molecule has 0 aliphatic carbocycles. The molecule has 6 heteroatoms. The van der Waals surface area contributed by atoms with E-state index in [1.165, 1.54) is 12.1 Å². The maximum absolute atomic E-state index is 11.7. The highest BCUT2D eigenvalue weighted by molar-refractivity contribution is 5.93. The van der Waals surface area contributed by atoms with Crippen LogP contribution in [-0.2, 0) is 4.74 Å². The van der Waals surface area contributed by atoms with E-state index >= 15 is 0 Å². The molecule has 0 aliphatic rings. The Morgan fingerprint density at radius 2 is 2.05 bits per heavy atom. The molecule has 0 heterocycles. The van der Waals surface area contributed by atoms with Crippen molar-refractivity contribution in [2.45, 2.75) is 26.4 Å². The molecule has 6 nitrogen and oxygen atoms in total. The number of aromatic carboxylic acids is 1. The fourth-order valence-corrected chi connectivity index (χ4v) is 1.64. The number of urea groups is 1. The lowest BCUT2D eigenvalue weighted by Crippen LogP contribution is -2.42. The molecule has 0 saturated carbocycles. The number of hydrogen-bond donors (Lipinski definition) is 3.